The Morgan fingerprint density at radius 2 is 1.94 bits per heavy atom. The van der Waals surface area contributed by atoms with Gasteiger partial charge in [0.05, 0.1) is 0 Å². The van der Waals surface area contributed by atoms with Crippen LogP contribution in [0.2, 0.25) is 0 Å². The Morgan fingerprint density at radius 1 is 1.28 bits per heavy atom. The maximum atomic E-state index is 12.3. The van der Waals surface area contributed by atoms with E-state index in [0.29, 0.717) is 5.82 Å². The molecule has 1 aliphatic rings. The number of nitrogens with zero attached hydrogens (tertiary/aromatic N) is 2. The molecule has 2 rings (SSSR count). The van der Waals surface area contributed by atoms with Gasteiger partial charge in [-0.25, -0.2) is 4.98 Å². The fourth-order valence-corrected chi connectivity index (χ4v) is 1.83. The summed E-state index contributed by atoms with van der Waals surface area (Å²) in [4.78, 5) is 5.96. The third-order valence-corrected chi connectivity index (χ3v) is 2.84. The van der Waals surface area contributed by atoms with Crippen molar-refractivity contribution in [1.82, 2.24) is 10.3 Å². The lowest BCUT2D eigenvalue weighted by Crippen LogP contribution is -2.43. The first kappa shape index (κ1) is 13.1. The number of halogens is 3. The van der Waals surface area contributed by atoms with Crippen molar-refractivity contribution in [3.63, 3.8) is 0 Å². The molecule has 1 aromatic rings. The van der Waals surface area contributed by atoms with Crippen molar-refractivity contribution in [1.29, 1.82) is 0 Å². The predicted octanol–water partition coefficient (Wildman–Crippen LogP) is 1.09. The molecule has 7 heteroatoms. The van der Waals surface area contributed by atoms with Gasteiger partial charge in [0.25, 0.3) is 0 Å². The molecule has 0 aliphatic carbocycles. The maximum Gasteiger partial charge on any atom is 0.418 e. The fraction of sp³-hybridized carbons (Fsp3) is 0.545. The molecule has 0 spiro atoms. The second kappa shape index (κ2) is 5.11. The zero-order chi connectivity index (χ0) is 13.2. The Balaban J connectivity index is 2.09. The maximum absolute atomic E-state index is 12.3. The van der Waals surface area contributed by atoms with E-state index >= 15 is 0 Å². The molecule has 1 unspecified atom stereocenters. The molecule has 4 nitrogen and oxygen atoms in total. The molecular formula is C11H14F3N3O. The third-order valence-electron chi connectivity index (χ3n) is 2.84. The number of rotatable bonds is 2. The Morgan fingerprint density at radius 3 is 2.44 bits per heavy atom. The van der Waals surface area contributed by atoms with Crippen molar-refractivity contribution in [2.75, 3.05) is 31.1 Å². The van der Waals surface area contributed by atoms with E-state index in [2.05, 4.69) is 10.3 Å². The van der Waals surface area contributed by atoms with Gasteiger partial charge in [-0.2, -0.15) is 13.2 Å². The molecule has 18 heavy (non-hydrogen) atoms. The summed E-state index contributed by atoms with van der Waals surface area (Å²) in [6.45, 7) is 3.20. The van der Waals surface area contributed by atoms with E-state index in [1.54, 1.807) is 0 Å². The molecule has 1 aliphatic heterocycles. The largest absolute Gasteiger partial charge is 0.418 e. The number of anilines is 1. The van der Waals surface area contributed by atoms with Crippen LogP contribution in [-0.4, -0.2) is 42.4 Å². The summed E-state index contributed by atoms with van der Waals surface area (Å²) in [6, 6.07) is 2.78. The van der Waals surface area contributed by atoms with Gasteiger partial charge in [0.2, 0.25) is 0 Å². The van der Waals surface area contributed by atoms with Crippen molar-refractivity contribution >= 4 is 5.82 Å². The summed E-state index contributed by atoms with van der Waals surface area (Å²) in [7, 11) is 0. The van der Waals surface area contributed by atoms with Gasteiger partial charge in [-0.1, -0.05) is 6.07 Å². The van der Waals surface area contributed by atoms with Crippen molar-refractivity contribution in [2.24, 2.45) is 0 Å². The smallest absolute Gasteiger partial charge is 0.379 e. The van der Waals surface area contributed by atoms with E-state index in [4.69, 9.17) is 5.11 Å². The number of aliphatic hydroxyl groups is 1. The summed E-state index contributed by atoms with van der Waals surface area (Å²) in [5.74, 6) is 0.634. The topological polar surface area (TPSA) is 48.4 Å². The number of piperazine rings is 1. The summed E-state index contributed by atoms with van der Waals surface area (Å²) < 4.78 is 36.9. The van der Waals surface area contributed by atoms with Crippen LogP contribution in [0.4, 0.5) is 19.0 Å². The van der Waals surface area contributed by atoms with Crippen molar-refractivity contribution < 1.29 is 18.3 Å². The molecule has 1 fully saturated rings. The van der Waals surface area contributed by atoms with E-state index in [1.165, 1.54) is 12.1 Å². The Kier molecular flexibility index (Phi) is 3.72. The standard InChI is InChI=1S/C11H14F3N3O/c12-11(13,14)10(18)8-1-2-9(16-7-8)17-5-3-15-4-6-17/h1-2,7,10,15,18H,3-6H2. The van der Waals surface area contributed by atoms with Crippen molar-refractivity contribution in [3.05, 3.63) is 23.9 Å². The quantitative estimate of drug-likeness (QED) is 0.836. The van der Waals surface area contributed by atoms with Crippen LogP contribution in [0, 0.1) is 0 Å². The summed E-state index contributed by atoms with van der Waals surface area (Å²) in [5.41, 5.74) is -0.235. The number of nitrogens with one attached hydrogen (secondary N) is 1. The SMILES string of the molecule is OC(c1ccc(N2CCNCC2)nc1)C(F)(F)F. The fourth-order valence-electron chi connectivity index (χ4n) is 1.83. The first-order valence-electron chi connectivity index (χ1n) is 5.65. The van der Waals surface area contributed by atoms with E-state index in [9.17, 15) is 13.2 Å². The molecule has 0 aromatic carbocycles. The Labute approximate surface area is 102 Å². The second-order valence-corrected chi connectivity index (χ2v) is 4.13. The van der Waals surface area contributed by atoms with Crippen LogP contribution in [0.3, 0.4) is 0 Å². The Bertz CT molecular complexity index is 388. The molecule has 0 saturated carbocycles. The van der Waals surface area contributed by atoms with Crippen LogP contribution < -0.4 is 10.2 Å². The van der Waals surface area contributed by atoms with Crippen LogP contribution in [0.1, 0.15) is 11.7 Å². The van der Waals surface area contributed by atoms with Gasteiger partial charge in [0.15, 0.2) is 6.10 Å². The number of aliphatic hydroxyl groups excluding tert-OH is 1. The normalized spacial score (nSPS) is 18.8. The van der Waals surface area contributed by atoms with Crippen molar-refractivity contribution in [3.8, 4) is 0 Å². The van der Waals surface area contributed by atoms with Crippen molar-refractivity contribution in [2.45, 2.75) is 12.3 Å². The summed E-state index contributed by atoms with van der Waals surface area (Å²) >= 11 is 0. The third kappa shape index (κ3) is 2.91. The first-order valence-corrected chi connectivity index (χ1v) is 5.65. The molecule has 0 amide bonds. The molecule has 1 atom stereocenters. The number of aromatic nitrogens is 1. The minimum absolute atomic E-state index is 0.235. The second-order valence-electron chi connectivity index (χ2n) is 4.13. The number of hydrogen-bond donors (Lipinski definition) is 2. The summed E-state index contributed by atoms with van der Waals surface area (Å²) in [5, 5.41) is 12.2. The lowest BCUT2D eigenvalue weighted by Gasteiger charge is -2.28. The van der Waals surface area contributed by atoms with Gasteiger partial charge >= 0.3 is 6.18 Å². The first-order chi connectivity index (χ1) is 8.48. The highest BCUT2D eigenvalue weighted by Gasteiger charge is 2.39. The predicted molar refractivity (Wildman–Crippen MR) is 60.3 cm³/mol. The van der Waals surface area contributed by atoms with Crippen LogP contribution in [0.5, 0.6) is 0 Å². The van der Waals surface area contributed by atoms with E-state index in [0.717, 1.165) is 32.4 Å². The van der Waals surface area contributed by atoms with Gasteiger partial charge < -0.3 is 15.3 Å². The van der Waals surface area contributed by atoms with Gasteiger partial charge in [0.1, 0.15) is 5.82 Å². The minimum Gasteiger partial charge on any atom is -0.379 e. The monoisotopic (exact) mass is 261 g/mol. The lowest BCUT2D eigenvalue weighted by molar-refractivity contribution is -0.206. The molecular weight excluding hydrogens is 247 g/mol. The molecule has 2 heterocycles. The zero-order valence-corrected chi connectivity index (χ0v) is 9.61. The number of hydrogen-bond acceptors (Lipinski definition) is 4. The van der Waals surface area contributed by atoms with E-state index < -0.39 is 12.3 Å². The Hall–Kier alpha value is -1.34. The molecule has 0 radical (unpaired) electrons. The van der Waals surface area contributed by atoms with Crippen LogP contribution in [-0.2, 0) is 0 Å². The van der Waals surface area contributed by atoms with Crippen LogP contribution in [0.25, 0.3) is 0 Å². The number of pyridine rings is 1. The highest BCUT2D eigenvalue weighted by molar-refractivity contribution is 5.40. The highest BCUT2D eigenvalue weighted by atomic mass is 19.4. The van der Waals surface area contributed by atoms with E-state index in [-0.39, 0.29) is 5.56 Å². The average Bonchev–Trinajstić information content (AvgIpc) is 2.38. The van der Waals surface area contributed by atoms with Gasteiger partial charge in [0, 0.05) is 37.9 Å². The molecule has 100 valence electrons. The van der Waals surface area contributed by atoms with E-state index in [1.807, 2.05) is 4.90 Å². The minimum atomic E-state index is -4.65. The number of alkyl halides is 3. The highest BCUT2D eigenvalue weighted by Crippen LogP contribution is 2.32. The summed E-state index contributed by atoms with van der Waals surface area (Å²) in [6.07, 6.45) is -6.05. The average molecular weight is 261 g/mol. The van der Waals surface area contributed by atoms with Gasteiger partial charge in [-0.15, -0.1) is 0 Å². The van der Waals surface area contributed by atoms with Crippen LogP contribution in [0.15, 0.2) is 18.3 Å². The molecule has 1 saturated heterocycles. The van der Waals surface area contributed by atoms with Crippen LogP contribution >= 0.6 is 0 Å². The lowest BCUT2D eigenvalue weighted by atomic mass is 10.1. The molecule has 0 bridgehead atoms. The molecule has 2 N–H and O–H groups in total. The molecule has 1 aromatic heterocycles. The van der Waals surface area contributed by atoms with Gasteiger partial charge in [-0.3, -0.25) is 0 Å². The zero-order valence-electron chi connectivity index (χ0n) is 9.61. The van der Waals surface area contributed by atoms with Gasteiger partial charge in [-0.05, 0) is 6.07 Å².